The van der Waals surface area contributed by atoms with E-state index in [1.165, 1.54) is 17.0 Å². The number of hydrogen-bond acceptors (Lipinski definition) is 5. The molecule has 1 aromatic carbocycles. The predicted molar refractivity (Wildman–Crippen MR) is 89.8 cm³/mol. The van der Waals surface area contributed by atoms with Crippen molar-refractivity contribution in [2.24, 2.45) is 0 Å². The molecule has 0 saturated carbocycles. The molecule has 0 atom stereocenters. The third kappa shape index (κ3) is 4.04. The second kappa shape index (κ2) is 7.04. The van der Waals surface area contributed by atoms with Crippen LogP contribution in [0, 0.1) is 12.7 Å². The first kappa shape index (κ1) is 17.3. The molecule has 0 radical (unpaired) electrons. The molecule has 23 heavy (non-hydrogen) atoms. The summed E-state index contributed by atoms with van der Waals surface area (Å²) in [5.74, 6) is 0.0344. The molecule has 0 saturated heterocycles. The highest BCUT2D eigenvalue weighted by Crippen LogP contribution is 2.29. The van der Waals surface area contributed by atoms with Gasteiger partial charge in [0.05, 0.1) is 11.4 Å². The van der Waals surface area contributed by atoms with E-state index in [-0.39, 0.29) is 17.6 Å². The van der Waals surface area contributed by atoms with Crippen LogP contribution in [0.1, 0.15) is 31.0 Å². The van der Waals surface area contributed by atoms with Crippen LogP contribution in [-0.4, -0.2) is 31.3 Å². The van der Waals surface area contributed by atoms with Crippen molar-refractivity contribution in [3.8, 4) is 11.3 Å². The average Bonchev–Trinajstić information content (AvgIpc) is 2.47. The molecule has 0 spiro atoms. The van der Waals surface area contributed by atoms with Gasteiger partial charge in [0.2, 0.25) is 5.95 Å². The fraction of sp³-hybridized carbons (Fsp3) is 0.375. The number of benzene rings is 1. The molecular formula is C16H20FN3O2S. The Morgan fingerprint density at radius 2 is 1.78 bits per heavy atom. The van der Waals surface area contributed by atoms with Gasteiger partial charge in [-0.25, -0.2) is 22.8 Å². The van der Waals surface area contributed by atoms with Crippen LogP contribution in [0.2, 0.25) is 0 Å². The highest BCUT2D eigenvalue weighted by Gasteiger charge is 2.17. The van der Waals surface area contributed by atoms with E-state index in [4.69, 9.17) is 0 Å². The second-order valence-electron chi connectivity index (χ2n) is 5.72. The largest absolute Gasteiger partial charge is 0.330 e. The van der Waals surface area contributed by atoms with E-state index in [9.17, 15) is 12.8 Å². The van der Waals surface area contributed by atoms with Crippen molar-refractivity contribution < 1.29 is 12.8 Å². The van der Waals surface area contributed by atoms with Crippen LogP contribution in [0.25, 0.3) is 11.3 Å². The van der Waals surface area contributed by atoms with Crippen LogP contribution in [0.3, 0.4) is 0 Å². The molecule has 7 heteroatoms. The Hall–Kier alpha value is -2.02. The highest BCUT2D eigenvalue weighted by atomic mass is 32.2. The van der Waals surface area contributed by atoms with Crippen LogP contribution in [-0.2, 0) is 10.7 Å². The Balaban J connectivity index is 2.60. The van der Waals surface area contributed by atoms with Gasteiger partial charge in [0.25, 0.3) is 0 Å². The van der Waals surface area contributed by atoms with E-state index in [0.29, 0.717) is 11.6 Å². The first-order chi connectivity index (χ1) is 10.8. The Bertz CT molecular complexity index is 766. The number of halogens is 1. The zero-order chi connectivity index (χ0) is 17.1. The molecule has 0 aliphatic rings. The fourth-order valence-electron chi connectivity index (χ4n) is 2.38. The summed E-state index contributed by atoms with van der Waals surface area (Å²) in [6.45, 7) is 5.95. The van der Waals surface area contributed by atoms with Gasteiger partial charge in [-0.15, -0.1) is 0 Å². The Morgan fingerprint density at radius 1 is 1.17 bits per heavy atom. The summed E-state index contributed by atoms with van der Waals surface area (Å²) in [7, 11) is -0.935. The standard InChI is InChI=1S/C16H20FN3O2S/c1-10(2)14-11(3)15(12-5-7-13(17)8-6-12)19-16(18-14)20(4)9-23(21)22/h5-8,10,23H,9H2,1-4H3. The lowest BCUT2D eigenvalue weighted by atomic mass is 10.00. The number of rotatable bonds is 5. The monoisotopic (exact) mass is 337 g/mol. The van der Waals surface area contributed by atoms with Gasteiger partial charge < -0.3 is 4.90 Å². The summed E-state index contributed by atoms with van der Waals surface area (Å²) in [6, 6.07) is 6.08. The van der Waals surface area contributed by atoms with Crippen molar-refractivity contribution in [1.29, 1.82) is 0 Å². The molecule has 0 unspecified atom stereocenters. The summed E-state index contributed by atoms with van der Waals surface area (Å²) < 4.78 is 35.1. The fourth-order valence-corrected chi connectivity index (χ4v) is 2.85. The summed E-state index contributed by atoms with van der Waals surface area (Å²) in [5, 5.41) is 0. The number of hydrogen-bond donors (Lipinski definition) is 1. The van der Waals surface area contributed by atoms with Gasteiger partial charge in [-0.2, -0.15) is 0 Å². The minimum absolute atomic E-state index is 0.154. The topological polar surface area (TPSA) is 63.2 Å². The first-order valence-electron chi connectivity index (χ1n) is 7.27. The van der Waals surface area contributed by atoms with E-state index in [2.05, 4.69) is 9.97 Å². The first-order valence-corrected chi connectivity index (χ1v) is 8.63. The lowest BCUT2D eigenvalue weighted by Gasteiger charge is -2.19. The number of aromatic nitrogens is 2. The molecule has 5 nitrogen and oxygen atoms in total. The molecule has 0 bridgehead atoms. The van der Waals surface area contributed by atoms with E-state index in [1.807, 2.05) is 20.8 Å². The van der Waals surface area contributed by atoms with Crippen molar-refractivity contribution >= 4 is 16.7 Å². The van der Waals surface area contributed by atoms with Gasteiger partial charge >= 0.3 is 0 Å². The lowest BCUT2D eigenvalue weighted by Crippen LogP contribution is -2.23. The highest BCUT2D eigenvalue weighted by molar-refractivity contribution is 7.72. The van der Waals surface area contributed by atoms with Gasteiger partial charge in [0.1, 0.15) is 11.7 Å². The predicted octanol–water partition coefficient (Wildman–Crippen LogP) is 2.72. The molecule has 0 aliphatic heterocycles. The number of nitrogens with zero attached hydrogens (tertiary/aromatic N) is 3. The molecule has 0 N–H and O–H groups in total. The minimum atomic E-state index is -2.57. The van der Waals surface area contributed by atoms with E-state index in [1.54, 1.807) is 19.2 Å². The maximum Gasteiger partial charge on any atom is 0.226 e. The molecule has 0 fully saturated rings. The Kier molecular flexibility index (Phi) is 5.30. The molecule has 1 heterocycles. The van der Waals surface area contributed by atoms with Gasteiger partial charge in [-0.1, -0.05) is 13.8 Å². The smallest absolute Gasteiger partial charge is 0.226 e. The van der Waals surface area contributed by atoms with Crippen molar-refractivity contribution in [3.63, 3.8) is 0 Å². The number of thiol groups is 1. The van der Waals surface area contributed by atoms with E-state index in [0.717, 1.165) is 16.8 Å². The van der Waals surface area contributed by atoms with Crippen molar-refractivity contribution in [2.45, 2.75) is 26.7 Å². The minimum Gasteiger partial charge on any atom is -0.330 e. The van der Waals surface area contributed by atoms with Crippen LogP contribution in [0.15, 0.2) is 24.3 Å². The van der Waals surface area contributed by atoms with Gasteiger partial charge in [-0.3, -0.25) is 0 Å². The van der Waals surface area contributed by atoms with E-state index >= 15 is 0 Å². The summed E-state index contributed by atoms with van der Waals surface area (Å²) >= 11 is 0. The van der Waals surface area contributed by atoms with Gasteiger partial charge in [0.15, 0.2) is 10.7 Å². The summed E-state index contributed by atoms with van der Waals surface area (Å²) in [4.78, 5) is 10.5. The van der Waals surface area contributed by atoms with Crippen molar-refractivity contribution in [3.05, 3.63) is 41.3 Å². The van der Waals surface area contributed by atoms with E-state index < -0.39 is 10.7 Å². The second-order valence-corrected chi connectivity index (χ2v) is 6.66. The maximum atomic E-state index is 13.2. The molecule has 2 aromatic rings. The average molecular weight is 337 g/mol. The van der Waals surface area contributed by atoms with Crippen LogP contribution in [0.4, 0.5) is 10.3 Å². The van der Waals surface area contributed by atoms with Gasteiger partial charge in [-0.05, 0) is 42.7 Å². The zero-order valence-corrected chi connectivity index (χ0v) is 14.5. The molecule has 124 valence electrons. The molecule has 0 amide bonds. The third-order valence-corrected chi connectivity index (χ3v) is 4.16. The Morgan fingerprint density at radius 3 is 2.30 bits per heavy atom. The van der Waals surface area contributed by atoms with Gasteiger partial charge in [0, 0.05) is 12.6 Å². The lowest BCUT2D eigenvalue weighted by molar-refractivity contribution is 0.613. The molecule has 0 aliphatic carbocycles. The number of anilines is 1. The maximum absolute atomic E-state index is 13.2. The SMILES string of the molecule is Cc1c(-c2ccc(F)cc2)nc(N(C)C[SH](=O)=O)nc1C(C)C. The summed E-state index contributed by atoms with van der Waals surface area (Å²) in [5.41, 5.74) is 3.22. The van der Waals surface area contributed by atoms with Crippen LogP contribution >= 0.6 is 0 Å². The van der Waals surface area contributed by atoms with Crippen LogP contribution < -0.4 is 4.90 Å². The normalized spacial score (nSPS) is 11.3. The van der Waals surface area contributed by atoms with Crippen molar-refractivity contribution in [1.82, 2.24) is 9.97 Å². The zero-order valence-electron chi connectivity index (χ0n) is 13.6. The molecular weight excluding hydrogens is 317 g/mol. The Labute approximate surface area is 137 Å². The third-order valence-electron chi connectivity index (χ3n) is 3.51. The quantitative estimate of drug-likeness (QED) is 0.850. The summed E-state index contributed by atoms with van der Waals surface area (Å²) in [6.07, 6.45) is 0. The molecule has 1 aromatic heterocycles. The van der Waals surface area contributed by atoms with Crippen molar-refractivity contribution in [2.75, 3.05) is 17.8 Å². The molecule has 2 rings (SSSR count). The van der Waals surface area contributed by atoms with Crippen LogP contribution in [0.5, 0.6) is 0 Å².